The lowest BCUT2D eigenvalue weighted by Gasteiger charge is -2.33. The van der Waals surface area contributed by atoms with Crippen molar-refractivity contribution in [2.45, 2.75) is 0 Å². The van der Waals surface area contributed by atoms with E-state index in [4.69, 9.17) is 4.11 Å². The summed E-state index contributed by atoms with van der Waals surface area (Å²) in [4.78, 5) is 30.5. The predicted octanol–water partition coefficient (Wildman–Crippen LogP) is 2.43. The van der Waals surface area contributed by atoms with Gasteiger partial charge in [-0.25, -0.2) is 15.0 Å². The number of rotatable bonds is 4. The molecule has 0 atom stereocenters. The van der Waals surface area contributed by atoms with Gasteiger partial charge in [0.2, 0.25) is 5.95 Å². The molecule has 1 amide bonds. The highest BCUT2D eigenvalue weighted by Gasteiger charge is 2.17. The Bertz CT molecular complexity index is 1380. The molecule has 0 spiro atoms. The van der Waals surface area contributed by atoms with Gasteiger partial charge in [-0.3, -0.25) is 14.8 Å². The van der Waals surface area contributed by atoms with E-state index in [1.165, 1.54) is 12.4 Å². The van der Waals surface area contributed by atoms with Crippen molar-refractivity contribution in [1.82, 2.24) is 29.6 Å². The van der Waals surface area contributed by atoms with Crippen LogP contribution < -0.4 is 10.2 Å². The molecule has 0 radical (unpaired) electrons. The first-order chi connectivity index (χ1) is 16.8. The second-order valence-electron chi connectivity index (χ2n) is 7.79. The van der Waals surface area contributed by atoms with Gasteiger partial charge in [0.25, 0.3) is 5.91 Å². The van der Waals surface area contributed by atoms with Gasteiger partial charge < -0.3 is 9.80 Å². The van der Waals surface area contributed by atoms with Crippen molar-refractivity contribution >= 4 is 28.6 Å². The van der Waals surface area contributed by atoms with Crippen molar-refractivity contribution < 1.29 is 8.91 Å². The van der Waals surface area contributed by atoms with Gasteiger partial charge in [-0.05, 0) is 30.8 Å². The van der Waals surface area contributed by atoms with Crippen LogP contribution in [0.1, 0.15) is 14.5 Å². The molecule has 9 nitrogen and oxygen atoms in total. The second kappa shape index (κ2) is 8.35. The quantitative estimate of drug-likeness (QED) is 0.531. The molecule has 4 heterocycles. The third-order valence-corrected chi connectivity index (χ3v) is 5.56. The van der Waals surface area contributed by atoms with Gasteiger partial charge >= 0.3 is 0 Å². The minimum absolute atomic E-state index is 0.177. The van der Waals surface area contributed by atoms with Crippen LogP contribution >= 0.6 is 0 Å². The SMILES string of the molecule is [2H]C([2H])([2H])n1cc(-c2ccc3cnc(NC(=O)c4ccnc(N5CCN(C)CC5)c4)nc3c2)cn1. The van der Waals surface area contributed by atoms with Crippen molar-refractivity contribution in [1.29, 1.82) is 0 Å². The van der Waals surface area contributed by atoms with Crippen LogP contribution in [-0.4, -0.2) is 68.8 Å². The van der Waals surface area contributed by atoms with Crippen LogP contribution in [0.15, 0.2) is 55.1 Å². The number of nitrogens with zero attached hydrogens (tertiary/aromatic N) is 7. The first kappa shape index (κ1) is 16.8. The Morgan fingerprint density at radius 1 is 1.06 bits per heavy atom. The smallest absolute Gasteiger partial charge is 0.258 e. The maximum Gasteiger partial charge on any atom is 0.258 e. The summed E-state index contributed by atoms with van der Waals surface area (Å²) in [6.45, 7) is 1.27. The minimum atomic E-state index is -2.34. The number of hydrogen-bond acceptors (Lipinski definition) is 7. The zero-order chi connectivity index (χ0) is 24.6. The summed E-state index contributed by atoms with van der Waals surface area (Å²) in [5, 5.41) is 7.48. The maximum absolute atomic E-state index is 12.9. The number of amides is 1. The Kier molecular flexibility index (Phi) is 4.38. The Morgan fingerprint density at radius 3 is 2.75 bits per heavy atom. The summed E-state index contributed by atoms with van der Waals surface area (Å²) in [6.07, 6.45) is 6.24. The lowest BCUT2D eigenvalue weighted by molar-refractivity contribution is 0.102. The average Bonchev–Trinajstić information content (AvgIpc) is 3.35. The molecule has 32 heavy (non-hydrogen) atoms. The Hall–Kier alpha value is -3.85. The number of hydrogen-bond donors (Lipinski definition) is 1. The monoisotopic (exact) mass is 431 g/mol. The topological polar surface area (TPSA) is 92.1 Å². The first-order valence-corrected chi connectivity index (χ1v) is 10.3. The zero-order valence-electron chi connectivity index (χ0n) is 20.6. The minimum Gasteiger partial charge on any atom is -0.354 e. The van der Waals surface area contributed by atoms with E-state index in [0.29, 0.717) is 16.6 Å². The van der Waals surface area contributed by atoms with Crippen LogP contribution in [0.5, 0.6) is 0 Å². The van der Waals surface area contributed by atoms with Gasteiger partial charge in [0, 0.05) is 72.4 Å². The molecular formula is C23H24N8O. The zero-order valence-corrected chi connectivity index (χ0v) is 17.6. The van der Waals surface area contributed by atoms with Crippen molar-refractivity contribution in [2.24, 2.45) is 6.98 Å². The summed E-state index contributed by atoms with van der Waals surface area (Å²) in [5.74, 6) is 0.625. The van der Waals surface area contributed by atoms with E-state index in [-0.39, 0.29) is 11.9 Å². The van der Waals surface area contributed by atoms with Crippen molar-refractivity contribution in [3.05, 3.63) is 60.7 Å². The van der Waals surface area contributed by atoms with E-state index in [1.54, 1.807) is 24.5 Å². The third kappa shape index (κ3) is 4.15. The van der Waals surface area contributed by atoms with Crippen molar-refractivity contribution in [3.63, 3.8) is 0 Å². The maximum atomic E-state index is 12.9. The average molecular weight is 432 g/mol. The lowest BCUT2D eigenvalue weighted by Crippen LogP contribution is -2.44. The largest absolute Gasteiger partial charge is 0.354 e. The molecule has 0 unspecified atom stereocenters. The van der Waals surface area contributed by atoms with Gasteiger partial charge in [-0.2, -0.15) is 5.10 Å². The van der Waals surface area contributed by atoms with E-state index in [2.05, 4.69) is 42.2 Å². The van der Waals surface area contributed by atoms with E-state index in [1.807, 2.05) is 18.2 Å². The van der Waals surface area contributed by atoms with Crippen LogP contribution in [0.25, 0.3) is 22.0 Å². The van der Waals surface area contributed by atoms with E-state index < -0.39 is 6.98 Å². The summed E-state index contributed by atoms with van der Waals surface area (Å²) in [6, 6.07) is 8.94. The summed E-state index contributed by atoms with van der Waals surface area (Å²) in [7, 11) is 2.09. The summed E-state index contributed by atoms with van der Waals surface area (Å²) < 4.78 is 23.4. The van der Waals surface area contributed by atoms with E-state index in [9.17, 15) is 4.79 Å². The fourth-order valence-corrected chi connectivity index (χ4v) is 3.68. The molecular weight excluding hydrogens is 404 g/mol. The summed E-state index contributed by atoms with van der Waals surface area (Å²) in [5.41, 5.74) is 2.50. The molecule has 0 bridgehead atoms. The number of fused-ring (bicyclic) bond motifs is 1. The number of likely N-dealkylation sites (N-methyl/N-ethyl adjacent to an activating group) is 1. The fourth-order valence-electron chi connectivity index (χ4n) is 3.68. The van der Waals surface area contributed by atoms with E-state index >= 15 is 0 Å². The van der Waals surface area contributed by atoms with Crippen LogP contribution in [0.3, 0.4) is 0 Å². The van der Waals surface area contributed by atoms with Gasteiger partial charge in [0.05, 0.1) is 11.7 Å². The number of piperazine rings is 1. The predicted molar refractivity (Wildman–Crippen MR) is 124 cm³/mol. The van der Waals surface area contributed by atoms with Gasteiger partial charge in [-0.15, -0.1) is 0 Å². The molecule has 1 N–H and O–H groups in total. The number of carbonyl (C=O) groups is 1. The lowest BCUT2D eigenvalue weighted by atomic mass is 10.1. The Balaban J connectivity index is 1.35. The number of nitrogens with one attached hydrogen (secondary N) is 1. The highest BCUT2D eigenvalue weighted by atomic mass is 16.1. The van der Waals surface area contributed by atoms with Crippen LogP contribution in [0, 0.1) is 0 Å². The Labute approximate surface area is 189 Å². The molecule has 1 aliphatic rings. The second-order valence-corrected chi connectivity index (χ2v) is 7.79. The molecule has 1 fully saturated rings. The highest BCUT2D eigenvalue weighted by Crippen LogP contribution is 2.23. The number of aromatic nitrogens is 5. The standard InChI is InChI=1S/C23H24N8O/c1-29-7-9-31(10-8-29)21-12-17(5-6-24-21)22(32)28-23-25-13-18-4-3-16(11-20(18)27-23)19-14-26-30(2)15-19/h3-6,11-15H,7-10H2,1-2H3,(H,25,27,28,32)/i2D3. The van der Waals surface area contributed by atoms with Gasteiger partial charge in [-0.1, -0.05) is 12.1 Å². The number of pyridine rings is 1. The molecule has 3 aromatic heterocycles. The Morgan fingerprint density at radius 2 is 1.94 bits per heavy atom. The van der Waals surface area contributed by atoms with Crippen LogP contribution in [0.2, 0.25) is 0 Å². The molecule has 1 saturated heterocycles. The third-order valence-electron chi connectivity index (χ3n) is 5.56. The molecule has 1 aromatic carbocycles. The first-order valence-electron chi connectivity index (χ1n) is 11.8. The molecule has 1 aliphatic heterocycles. The number of aryl methyl sites for hydroxylation is 1. The van der Waals surface area contributed by atoms with Gasteiger partial charge in [0.1, 0.15) is 5.82 Å². The fraction of sp³-hybridized carbons (Fsp3) is 0.261. The van der Waals surface area contributed by atoms with Crippen LogP contribution in [0.4, 0.5) is 11.8 Å². The van der Waals surface area contributed by atoms with Crippen molar-refractivity contribution in [2.75, 3.05) is 43.4 Å². The molecule has 4 aromatic rings. The van der Waals surface area contributed by atoms with Crippen LogP contribution in [-0.2, 0) is 6.98 Å². The number of anilines is 2. The van der Waals surface area contributed by atoms with E-state index in [0.717, 1.165) is 47.6 Å². The molecule has 0 saturated carbocycles. The number of benzene rings is 1. The molecule has 0 aliphatic carbocycles. The molecule has 9 heteroatoms. The van der Waals surface area contributed by atoms with Gasteiger partial charge in [0.15, 0.2) is 0 Å². The molecule has 5 rings (SSSR count). The summed E-state index contributed by atoms with van der Waals surface area (Å²) >= 11 is 0. The molecule has 162 valence electrons. The number of carbonyl (C=O) groups excluding carboxylic acids is 1. The van der Waals surface area contributed by atoms with Crippen molar-refractivity contribution in [3.8, 4) is 11.1 Å². The highest BCUT2D eigenvalue weighted by molar-refractivity contribution is 6.04. The normalized spacial score (nSPS) is 16.4.